The van der Waals surface area contributed by atoms with E-state index < -0.39 is 0 Å². The summed E-state index contributed by atoms with van der Waals surface area (Å²) in [4.78, 5) is 4.41. The van der Waals surface area contributed by atoms with Gasteiger partial charge >= 0.3 is 0 Å². The lowest BCUT2D eigenvalue weighted by molar-refractivity contribution is 0.116. The van der Waals surface area contributed by atoms with Gasteiger partial charge in [-0.15, -0.1) is 0 Å². The van der Waals surface area contributed by atoms with Crippen molar-refractivity contribution in [2.75, 3.05) is 19.0 Å². The van der Waals surface area contributed by atoms with Crippen LogP contribution in [0.25, 0.3) is 0 Å². The molecule has 19 heavy (non-hydrogen) atoms. The molecule has 1 heterocycles. The molecule has 3 heteroatoms. The van der Waals surface area contributed by atoms with Crippen molar-refractivity contribution < 1.29 is 4.74 Å². The van der Waals surface area contributed by atoms with E-state index in [1.807, 2.05) is 31.3 Å². The Labute approximate surface area is 114 Å². The Bertz CT molecular complexity index is 485. The molecule has 1 aromatic carbocycles. The Hall–Kier alpha value is -1.87. The number of nitrogens with zero attached hydrogens (tertiary/aromatic N) is 1. The lowest BCUT2D eigenvalue weighted by Crippen LogP contribution is -2.01. The van der Waals surface area contributed by atoms with Crippen molar-refractivity contribution >= 4 is 5.82 Å². The van der Waals surface area contributed by atoms with Gasteiger partial charge in [-0.2, -0.15) is 0 Å². The third-order valence-corrected chi connectivity index (χ3v) is 2.91. The number of ether oxygens (including phenoxy) is 1. The number of hydrogen-bond acceptors (Lipinski definition) is 3. The molecule has 0 amide bonds. The third-order valence-electron chi connectivity index (χ3n) is 2.91. The van der Waals surface area contributed by atoms with Crippen LogP contribution in [0, 0.1) is 0 Å². The van der Waals surface area contributed by atoms with Crippen LogP contribution in [0.3, 0.4) is 0 Å². The standard InChI is InChI=1S/C16H20N2O/c1-17-16-11-5-10-15(18-16)13-19-12-6-9-14-7-3-2-4-8-14/h2-5,7-8,10-11H,6,9,12-13H2,1H3,(H,17,18). The number of nitrogens with one attached hydrogen (secondary N) is 1. The summed E-state index contributed by atoms with van der Waals surface area (Å²) in [5.74, 6) is 0.880. The molecule has 0 unspecified atom stereocenters. The van der Waals surface area contributed by atoms with E-state index in [9.17, 15) is 0 Å². The number of benzene rings is 1. The minimum atomic E-state index is 0.574. The van der Waals surface area contributed by atoms with Gasteiger partial charge in [0.25, 0.3) is 0 Å². The first kappa shape index (κ1) is 13.6. The second-order valence-corrected chi connectivity index (χ2v) is 4.41. The number of anilines is 1. The van der Waals surface area contributed by atoms with Crippen LogP contribution in [0.5, 0.6) is 0 Å². The third kappa shape index (κ3) is 4.72. The first-order chi connectivity index (χ1) is 9.38. The predicted molar refractivity (Wildman–Crippen MR) is 78.2 cm³/mol. The normalized spacial score (nSPS) is 10.4. The largest absolute Gasteiger partial charge is 0.375 e. The summed E-state index contributed by atoms with van der Waals surface area (Å²) in [6, 6.07) is 16.4. The van der Waals surface area contributed by atoms with E-state index in [1.165, 1.54) is 5.56 Å². The maximum Gasteiger partial charge on any atom is 0.126 e. The Morgan fingerprint density at radius 1 is 1.05 bits per heavy atom. The zero-order valence-corrected chi connectivity index (χ0v) is 11.3. The van der Waals surface area contributed by atoms with Gasteiger partial charge < -0.3 is 10.1 Å². The fraction of sp³-hybridized carbons (Fsp3) is 0.312. The maximum atomic E-state index is 5.65. The first-order valence-corrected chi connectivity index (χ1v) is 6.64. The highest BCUT2D eigenvalue weighted by atomic mass is 16.5. The molecule has 0 aliphatic heterocycles. The zero-order chi connectivity index (χ0) is 13.3. The number of hydrogen-bond donors (Lipinski definition) is 1. The van der Waals surface area contributed by atoms with Gasteiger partial charge in [-0.3, -0.25) is 0 Å². The number of rotatable bonds is 7. The summed E-state index contributed by atoms with van der Waals surface area (Å²) < 4.78 is 5.65. The molecular formula is C16H20N2O. The summed E-state index contributed by atoms with van der Waals surface area (Å²) in [6.45, 7) is 1.34. The molecule has 2 rings (SSSR count). The Kier molecular flexibility index (Phi) is 5.38. The van der Waals surface area contributed by atoms with Crippen LogP contribution in [0.4, 0.5) is 5.82 Å². The topological polar surface area (TPSA) is 34.1 Å². The highest BCUT2D eigenvalue weighted by Gasteiger charge is 1.97. The quantitative estimate of drug-likeness (QED) is 0.772. The molecule has 0 fully saturated rings. The van der Waals surface area contributed by atoms with E-state index in [0.717, 1.165) is 31.0 Å². The maximum absolute atomic E-state index is 5.65. The van der Waals surface area contributed by atoms with Crippen molar-refractivity contribution in [1.82, 2.24) is 4.98 Å². The van der Waals surface area contributed by atoms with Crippen molar-refractivity contribution in [3.63, 3.8) is 0 Å². The smallest absolute Gasteiger partial charge is 0.126 e. The lowest BCUT2D eigenvalue weighted by Gasteiger charge is -2.06. The SMILES string of the molecule is CNc1cccc(COCCCc2ccccc2)n1. The zero-order valence-electron chi connectivity index (χ0n) is 11.3. The highest BCUT2D eigenvalue weighted by molar-refractivity contribution is 5.34. The van der Waals surface area contributed by atoms with Gasteiger partial charge in [-0.1, -0.05) is 36.4 Å². The molecule has 1 aromatic heterocycles. The summed E-state index contributed by atoms with van der Waals surface area (Å²) in [5, 5.41) is 3.02. The van der Waals surface area contributed by atoms with Crippen molar-refractivity contribution in [2.45, 2.75) is 19.4 Å². The highest BCUT2D eigenvalue weighted by Crippen LogP contribution is 2.06. The molecule has 3 nitrogen and oxygen atoms in total. The average Bonchev–Trinajstić information content (AvgIpc) is 2.48. The van der Waals surface area contributed by atoms with Crippen molar-refractivity contribution in [3.05, 3.63) is 59.8 Å². The summed E-state index contributed by atoms with van der Waals surface area (Å²) >= 11 is 0. The molecular weight excluding hydrogens is 236 g/mol. The van der Waals surface area contributed by atoms with Crippen LogP contribution in [0.15, 0.2) is 48.5 Å². The molecule has 100 valence electrons. The number of aromatic nitrogens is 1. The minimum Gasteiger partial charge on any atom is -0.375 e. The van der Waals surface area contributed by atoms with Crippen LogP contribution in [0.1, 0.15) is 17.7 Å². The van der Waals surface area contributed by atoms with Gasteiger partial charge in [-0.05, 0) is 30.5 Å². The van der Waals surface area contributed by atoms with E-state index in [0.29, 0.717) is 6.61 Å². The molecule has 0 saturated carbocycles. The van der Waals surface area contributed by atoms with Gasteiger partial charge in [0.1, 0.15) is 5.82 Å². The fourth-order valence-electron chi connectivity index (χ4n) is 1.90. The van der Waals surface area contributed by atoms with E-state index in [-0.39, 0.29) is 0 Å². The Morgan fingerprint density at radius 2 is 1.89 bits per heavy atom. The molecule has 0 radical (unpaired) electrons. The van der Waals surface area contributed by atoms with Crippen LogP contribution in [0.2, 0.25) is 0 Å². The van der Waals surface area contributed by atoms with E-state index >= 15 is 0 Å². The minimum absolute atomic E-state index is 0.574. The van der Waals surface area contributed by atoms with Crippen LogP contribution in [-0.4, -0.2) is 18.6 Å². The molecule has 0 aliphatic rings. The Morgan fingerprint density at radius 3 is 2.68 bits per heavy atom. The summed E-state index contributed by atoms with van der Waals surface area (Å²) in [5.41, 5.74) is 2.33. The predicted octanol–water partition coefficient (Wildman–Crippen LogP) is 3.27. The lowest BCUT2D eigenvalue weighted by atomic mass is 10.1. The van der Waals surface area contributed by atoms with E-state index in [2.05, 4.69) is 34.6 Å². The average molecular weight is 256 g/mol. The Balaban J connectivity index is 1.66. The summed E-state index contributed by atoms with van der Waals surface area (Å²) in [7, 11) is 1.87. The number of aryl methyl sites for hydroxylation is 1. The second-order valence-electron chi connectivity index (χ2n) is 4.41. The molecule has 0 spiro atoms. The number of pyridine rings is 1. The van der Waals surface area contributed by atoms with Gasteiger partial charge in [-0.25, -0.2) is 4.98 Å². The summed E-state index contributed by atoms with van der Waals surface area (Å²) in [6.07, 6.45) is 2.10. The second kappa shape index (κ2) is 7.54. The van der Waals surface area contributed by atoms with Gasteiger partial charge in [0.15, 0.2) is 0 Å². The van der Waals surface area contributed by atoms with Crippen LogP contribution < -0.4 is 5.32 Å². The van der Waals surface area contributed by atoms with E-state index in [4.69, 9.17) is 4.74 Å². The van der Waals surface area contributed by atoms with Gasteiger partial charge in [0.05, 0.1) is 12.3 Å². The van der Waals surface area contributed by atoms with Crippen molar-refractivity contribution in [3.8, 4) is 0 Å². The molecule has 0 saturated heterocycles. The fourth-order valence-corrected chi connectivity index (χ4v) is 1.90. The molecule has 0 bridgehead atoms. The van der Waals surface area contributed by atoms with Crippen LogP contribution >= 0.6 is 0 Å². The first-order valence-electron chi connectivity index (χ1n) is 6.64. The monoisotopic (exact) mass is 256 g/mol. The molecule has 0 atom stereocenters. The molecule has 0 aliphatic carbocycles. The van der Waals surface area contributed by atoms with Gasteiger partial charge in [0.2, 0.25) is 0 Å². The van der Waals surface area contributed by atoms with Gasteiger partial charge in [0, 0.05) is 13.7 Å². The molecule has 2 aromatic rings. The molecule has 1 N–H and O–H groups in total. The van der Waals surface area contributed by atoms with Crippen LogP contribution in [-0.2, 0) is 17.8 Å². The van der Waals surface area contributed by atoms with Crippen molar-refractivity contribution in [2.24, 2.45) is 0 Å². The van der Waals surface area contributed by atoms with E-state index in [1.54, 1.807) is 0 Å². The van der Waals surface area contributed by atoms with Crippen molar-refractivity contribution in [1.29, 1.82) is 0 Å².